The topological polar surface area (TPSA) is 99.2 Å². The van der Waals surface area contributed by atoms with Gasteiger partial charge in [-0.15, -0.1) is 0 Å². The minimum absolute atomic E-state index is 0.0450. The number of nitro benzene ring substituents is 1. The molecule has 6 heteroatoms. The molecule has 2 aromatic rings. The van der Waals surface area contributed by atoms with Crippen LogP contribution >= 0.6 is 0 Å². The number of nitriles is 1. The molecule has 0 radical (unpaired) electrons. The van der Waals surface area contributed by atoms with Gasteiger partial charge in [-0.25, -0.2) is 0 Å². The maximum absolute atomic E-state index is 11.2. The fourth-order valence-electron chi connectivity index (χ4n) is 2.20. The number of rotatable bonds is 6. The Balaban J connectivity index is 2.34. The number of anilines is 1. The Morgan fingerprint density at radius 3 is 2.59 bits per heavy atom. The van der Waals surface area contributed by atoms with Gasteiger partial charge in [0.05, 0.1) is 22.6 Å². The Morgan fingerprint density at radius 1 is 1.27 bits per heavy atom. The van der Waals surface area contributed by atoms with Gasteiger partial charge in [-0.05, 0) is 24.1 Å². The first-order valence-electron chi connectivity index (χ1n) is 6.76. The van der Waals surface area contributed by atoms with Crippen molar-refractivity contribution in [3.63, 3.8) is 0 Å². The number of aliphatic hydroxyl groups excluding tert-OH is 1. The van der Waals surface area contributed by atoms with Crippen LogP contribution in [0.1, 0.15) is 23.6 Å². The summed E-state index contributed by atoms with van der Waals surface area (Å²) in [6, 6.07) is 15.3. The molecule has 1 atom stereocenters. The van der Waals surface area contributed by atoms with Crippen molar-refractivity contribution in [3.05, 3.63) is 69.8 Å². The molecule has 0 aliphatic rings. The van der Waals surface area contributed by atoms with Crippen molar-refractivity contribution in [2.75, 3.05) is 11.9 Å². The summed E-state index contributed by atoms with van der Waals surface area (Å²) in [6.45, 7) is -0.0450. The average Bonchev–Trinajstić information content (AvgIpc) is 2.55. The third-order valence-electron chi connectivity index (χ3n) is 3.27. The summed E-state index contributed by atoms with van der Waals surface area (Å²) in [6.07, 6.45) is 0.418. The van der Waals surface area contributed by atoms with E-state index in [-0.39, 0.29) is 23.9 Å². The first-order chi connectivity index (χ1) is 10.7. The molecule has 0 heterocycles. The van der Waals surface area contributed by atoms with E-state index in [0.717, 1.165) is 5.56 Å². The van der Waals surface area contributed by atoms with Gasteiger partial charge < -0.3 is 10.4 Å². The lowest BCUT2D eigenvalue weighted by atomic mass is 10.0. The molecule has 0 unspecified atom stereocenters. The molecule has 0 aliphatic heterocycles. The Kier molecular flexibility index (Phi) is 5.07. The summed E-state index contributed by atoms with van der Waals surface area (Å²) in [4.78, 5) is 10.6. The van der Waals surface area contributed by atoms with Gasteiger partial charge in [0, 0.05) is 12.7 Å². The van der Waals surface area contributed by atoms with E-state index in [1.165, 1.54) is 18.2 Å². The minimum atomic E-state index is -0.524. The quantitative estimate of drug-likeness (QED) is 0.630. The maximum atomic E-state index is 11.2. The molecule has 6 nitrogen and oxygen atoms in total. The van der Waals surface area contributed by atoms with Gasteiger partial charge in [-0.1, -0.05) is 30.3 Å². The second-order valence-electron chi connectivity index (χ2n) is 4.72. The number of nitro groups is 1. The largest absolute Gasteiger partial charge is 0.396 e. The van der Waals surface area contributed by atoms with Crippen LogP contribution in [0.2, 0.25) is 0 Å². The first-order valence-corrected chi connectivity index (χ1v) is 6.76. The lowest BCUT2D eigenvalue weighted by Gasteiger charge is -2.19. The highest BCUT2D eigenvalue weighted by atomic mass is 16.6. The van der Waals surface area contributed by atoms with Gasteiger partial charge in [-0.3, -0.25) is 10.1 Å². The van der Waals surface area contributed by atoms with Crippen LogP contribution in [0.25, 0.3) is 0 Å². The lowest BCUT2D eigenvalue weighted by molar-refractivity contribution is -0.384. The van der Waals surface area contributed by atoms with E-state index < -0.39 is 4.92 Å². The Labute approximate surface area is 127 Å². The zero-order valence-electron chi connectivity index (χ0n) is 11.8. The molecule has 0 saturated heterocycles. The predicted molar refractivity (Wildman–Crippen MR) is 82.3 cm³/mol. The van der Waals surface area contributed by atoms with Crippen molar-refractivity contribution in [2.24, 2.45) is 0 Å². The third-order valence-corrected chi connectivity index (χ3v) is 3.27. The van der Waals surface area contributed by atoms with E-state index in [9.17, 15) is 15.2 Å². The average molecular weight is 297 g/mol. The fourth-order valence-corrected chi connectivity index (χ4v) is 2.20. The van der Waals surface area contributed by atoms with E-state index >= 15 is 0 Å². The number of aliphatic hydroxyl groups is 1. The predicted octanol–water partition coefficient (Wildman–Crippen LogP) is 3.00. The summed E-state index contributed by atoms with van der Waals surface area (Å²) in [5, 5.41) is 32.3. The molecule has 22 heavy (non-hydrogen) atoms. The summed E-state index contributed by atoms with van der Waals surface area (Å²) >= 11 is 0. The van der Waals surface area contributed by atoms with Crippen molar-refractivity contribution in [1.82, 2.24) is 0 Å². The Hall–Kier alpha value is -2.91. The summed E-state index contributed by atoms with van der Waals surface area (Å²) in [5.41, 5.74) is 1.33. The normalized spacial score (nSPS) is 11.5. The smallest absolute Gasteiger partial charge is 0.293 e. The highest BCUT2D eigenvalue weighted by Gasteiger charge is 2.19. The summed E-state index contributed by atoms with van der Waals surface area (Å²) < 4.78 is 0. The maximum Gasteiger partial charge on any atom is 0.293 e. The number of nitrogens with zero attached hydrogens (tertiary/aromatic N) is 2. The molecule has 112 valence electrons. The SMILES string of the molecule is N#Cc1ccc(N[C@@H](CCO)c2ccccc2)c([N+](=O)[O-])c1. The summed E-state index contributed by atoms with van der Waals surface area (Å²) in [7, 11) is 0. The molecule has 2 aromatic carbocycles. The molecule has 0 saturated carbocycles. The molecule has 0 aromatic heterocycles. The van der Waals surface area contributed by atoms with Crippen molar-refractivity contribution in [2.45, 2.75) is 12.5 Å². The van der Waals surface area contributed by atoms with Crippen LogP contribution in [0.4, 0.5) is 11.4 Å². The van der Waals surface area contributed by atoms with Crippen molar-refractivity contribution >= 4 is 11.4 Å². The second-order valence-corrected chi connectivity index (χ2v) is 4.72. The van der Waals surface area contributed by atoms with Gasteiger partial charge in [0.2, 0.25) is 0 Å². The van der Waals surface area contributed by atoms with Crippen LogP contribution in [0.15, 0.2) is 48.5 Å². The highest BCUT2D eigenvalue weighted by Crippen LogP contribution is 2.30. The Morgan fingerprint density at radius 2 is 2.00 bits per heavy atom. The van der Waals surface area contributed by atoms with Crippen LogP contribution in [0, 0.1) is 21.4 Å². The van der Waals surface area contributed by atoms with E-state index in [0.29, 0.717) is 12.1 Å². The van der Waals surface area contributed by atoms with E-state index in [1.54, 1.807) is 0 Å². The summed E-state index contributed by atoms with van der Waals surface area (Å²) in [5.74, 6) is 0. The number of hydrogen-bond acceptors (Lipinski definition) is 5. The molecular weight excluding hydrogens is 282 g/mol. The highest BCUT2D eigenvalue weighted by molar-refractivity contribution is 5.64. The molecule has 0 bridgehead atoms. The third kappa shape index (κ3) is 3.59. The number of benzene rings is 2. The van der Waals surface area contributed by atoms with Crippen LogP contribution < -0.4 is 5.32 Å². The molecule has 0 spiro atoms. The molecule has 0 fully saturated rings. The fraction of sp³-hybridized carbons (Fsp3) is 0.188. The Bertz CT molecular complexity index is 696. The molecule has 2 N–H and O–H groups in total. The standard InChI is InChI=1S/C16H15N3O3/c17-11-12-6-7-15(16(10-12)19(21)22)18-14(8-9-20)13-4-2-1-3-5-13/h1-7,10,14,18,20H,8-9H2/t14-/m0/s1. The van der Waals surface area contributed by atoms with Gasteiger partial charge in [0.15, 0.2) is 0 Å². The monoisotopic (exact) mass is 297 g/mol. The first kappa shape index (κ1) is 15.5. The van der Waals surface area contributed by atoms with Crippen LogP contribution in [-0.4, -0.2) is 16.6 Å². The van der Waals surface area contributed by atoms with Crippen molar-refractivity contribution in [1.29, 1.82) is 5.26 Å². The van der Waals surface area contributed by atoms with Crippen LogP contribution in [-0.2, 0) is 0 Å². The van der Waals surface area contributed by atoms with Crippen LogP contribution in [0.3, 0.4) is 0 Å². The molecule has 0 aliphatic carbocycles. The number of hydrogen-bond donors (Lipinski definition) is 2. The zero-order chi connectivity index (χ0) is 15.9. The number of nitrogens with one attached hydrogen (secondary N) is 1. The minimum Gasteiger partial charge on any atom is -0.396 e. The van der Waals surface area contributed by atoms with Crippen molar-refractivity contribution in [3.8, 4) is 6.07 Å². The van der Waals surface area contributed by atoms with Crippen LogP contribution in [0.5, 0.6) is 0 Å². The molecular formula is C16H15N3O3. The van der Waals surface area contributed by atoms with E-state index in [4.69, 9.17) is 5.26 Å². The molecule has 0 amide bonds. The van der Waals surface area contributed by atoms with Gasteiger partial charge in [-0.2, -0.15) is 5.26 Å². The zero-order valence-corrected chi connectivity index (χ0v) is 11.8. The van der Waals surface area contributed by atoms with E-state index in [1.807, 2.05) is 36.4 Å². The van der Waals surface area contributed by atoms with Gasteiger partial charge >= 0.3 is 0 Å². The van der Waals surface area contributed by atoms with Gasteiger partial charge in [0.25, 0.3) is 5.69 Å². The lowest BCUT2D eigenvalue weighted by Crippen LogP contribution is -2.13. The second kappa shape index (κ2) is 7.20. The van der Waals surface area contributed by atoms with Gasteiger partial charge in [0.1, 0.15) is 5.69 Å². The van der Waals surface area contributed by atoms with Crippen molar-refractivity contribution < 1.29 is 10.0 Å². The van der Waals surface area contributed by atoms with E-state index in [2.05, 4.69) is 5.32 Å². The molecule has 2 rings (SSSR count).